The van der Waals surface area contributed by atoms with Crippen molar-refractivity contribution in [1.82, 2.24) is 0 Å². The second-order valence-corrected chi connectivity index (χ2v) is 6.78. The van der Waals surface area contributed by atoms with Gasteiger partial charge in [-0.2, -0.15) is 11.3 Å². The van der Waals surface area contributed by atoms with Crippen LogP contribution in [0.15, 0.2) is 69.1 Å². The van der Waals surface area contributed by atoms with Crippen molar-refractivity contribution in [1.29, 1.82) is 0 Å². The Balaban J connectivity index is 1.55. The Morgan fingerprint density at radius 2 is 1.86 bits per heavy atom. The van der Waals surface area contributed by atoms with Gasteiger partial charge in [0.25, 0.3) is 0 Å². The molecular formula is C17H14N2S2. The average Bonchev–Trinajstić information content (AvgIpc) is 3.04. The summed E-state index contributed by atoms with van der Waals surface area (Å²) < 4.78 is 0. The molecule has 0 fully saturated rings. The first-order valence-corrected chi connectivity index (χ1v) is 8.57. The van der Waals surface area contributed by atoms with E-state index in [0.717, 1.165) is 12.2 Å². The monoisotopic (exact) mass is 310 g/mol. The first-order valence-electron chi connectivity index (χ1n) is 6.81. The molecule has 104 valence electrons. The van der Waals surface area contributed by atoms with Crippen LogP contribution in [0.1, 0.15) is 5.56 Å². The van der Waals surface area contributed by atoms with Gasteiger partial charge in [0.1, 0.15) is 0 Å². The van der Waals surface area contributed by atoms with Gasteiger partial charge in [0.2, 0.25) is 0 Å². The van der Waals surface area contributed by atoms with Crippen LogP contribution in [0.25, 0.3) is 0 Å². The number of hydrogen-bond donors (Lipinski definition) is 2. The van der Waals surface area contributed by atoms with Crippen LogP contribution in [-0.4, -0.2) is 0 Å². The van der Waals surface area contributed by atoms with E-state index in [-0.39, 0.29) is 0 Å². The molecule has 0 bridgehead atoms. The average molecular weight is 310 g/mol. The molecule has 0 spiro atoms. The van der Waals surface area contributed by atoms with Gasteiger partial charge in [0, 0.05) is 22.0 Å². The fourth-order valence-corrected chi connectivity index (χ4v) is 3.98. The first kappa shape index (κ1) is 12.8. The lowest BCUT2D eigenvalue weighted by molar-refractivity contribution is 1.16. The number of benzene rings is 2. The molecule has 1 aromatic heterocycles. The topological polar surface area (TPSA) is 24.1 Å². The van der Waals surface area contributed by atoms with E-state index >= 15 is 0 Å². The number of rotatable bonds is 3. The quantitative estimate of drug-likeness (QED) is 0.517. The second kappa shape index (κ2) is 5.47. The summed E-state index contributed by atoms with van der Waals surface area (Å²) in [7, 11) is 0. The number of hydrogen-bond acceptors (Lipinski definition) is 4. The standard InChI is InChI=1S/C17H14N2S2/c1-2-4-16-14(3-1)19-15-9-13(5-6-17(15)21-16)18-10-12-7-8-20-11-12/h1-9,11,18-19H,10H2. The minimum Gasteiger partial charge on any atom is -0.381 e. The molecule has 2 nitrogen and oxygen atoms in total. The summed E-state index contributed by atoms with van der Waals surface area (Å²) in [6, 6.07) is 17.1. The highest BCUT2D eigenvalue weighted by Crippen LogP contribution is 2.44. The highest BCUT2D eigenvalue weighted by atomic mass is 32.2. The van der Waals surface area contributed by atoms with Crippen LogP contribution in [-0.2, 0) is 6.54 Å². The van der Waals surface area contributed by atoms with Gasteiger partial charge in [-0.05, 0) is 52.7 Å². The number of nitrogens with one attached hydrogen (secondary N) is 2. The highest BCUT2D eigenvalue weighted by molar-refractivity contribution is 7.99. The molecule has 0 aliphatic carbocycles. The molecule has 1 aliphatic rings. The zero-order valence-corrected chi connectivity index (χ0v) is 12.9. The minimum atomic E-state index is 0.867. The van der Waals surface area contributed by atoms with Crippen molar-refractivity contribution >= 4 is 40.2 Å². The molecule has 3 aromatic rings. The van der Waals surface area contributed by atoms with E-state index in [4.69, 9.17) is 0 Å². The Kier molecular flexibility index (Phi) is 3.33. The van der Waals surface area contributed by atoms with Crippen LogP contribution in [0.5, 0.6) is 0 Å². The lowest BCUT2D eigenvalue weighted by Crippen LogP contribution is -2.02. The third kappa shape index (κ3) is 2.64. The molecule has 2 heterocycles. The van der Waals surface area contributed by atoms with Crippen LogP contribution in [0.3, 0.4) is 0 Å². The maximum absolute atomic E-state index is 3.52. The van der Waals surface area contributed by atoms with E-state index in [1.807, 2.05) is 11.8 Å². The van der Waals surface area contributed by atoms with Crippen molar-refractivity contribution in [2.45, 2.75) is 16.3 Å². The Morgan fingerprint density at radius 1 is 0.952 bits per heavy atom. The zero-order valence-electron chi connectivity index (χ0n) is 11.3. The lowest BCUT2D eigenvalue weighted by Gasteiger charge is -2.21. The molecule has 4 rings (SSSR count). The summed E-state index contributed by atoms with van der Waals surface area (Å²) in [6.07, 6.45) is 0. The smallest absolute Gasteiger partial charge is 0.0547 e. The lowest BCUT2D eigenvalue weighted by atomic mass is 10.2. The molecule has 4 heteroatoms. The first-order chi connectivity index (χ1) is 10.4. The molecule has 2 N–H and O–H groups in total. The summed E-state index contributed by atoms with van der Waals surface area (Å²) in [5, 5.41) is 11.3. The van der Waals surface area contributed by atoms with E-state index in [0.29, 0.717) is 0 Å². The Bertz CT molecular complexity index is 766. The highest BCUT2D eigenvalue weighted by Gasteiger charge is 2.15. The SMILES string of the molecule is c1ccc2c(c1)Nc1cc(NCc3ccsc3)ccc1S2. The fourth-order valence-electron chi connectivity index (χ4n) is 2.35. The van der Waals surface area contributed by atoms with E-state index in [1.165, 1.54) is 26.7 Å². The molecule has 1 aliphatic heterocycles. The van der Waals surface area contributed by atoms with Crippen LogP contribution in [0.4, 0.5) is 17.1 Å². The number of para-hydroxylation sites is 1. The molecule has 0 unspecified atom stereocenters. The summed E-state index contributed by atoms with van der Waals surface area (Å²) in [5.41, 5.74) is 4.83. The second-order valence-electron chi connectivity index (χ2n) is 4.92. The Hall–Kier alpha value is -1.91. The summed E-state index contributed by atoms with van der Waals surface area (Å²) in [6.45, 7) is 0.867. The van der Waals surface area contributed by atoms with Crippen LogP contribution >= 0.6 is 23.1 Å². The number of thiophene rings is 1. The zero-order chi connectivity index (χ0) is 14.1. The van der Waals surface area contributed by atoms with Crippen LogP contribution in [0.2, 0.25) is 0 Å². The molecule has 2 aromatic carbocycles. The van der Waals surface area contributed by atoms with E-state index in [1.54, 1.807) is 11.3 Å². The van der Waals surface area contributed by atoms with Crippen molar-refractivity contribution in [3.05, 3.63) is 64.9 Å². The normalized spacial score (nSPS) is 12.2. The fraction of sp³-hybridized carbons (Fsp3) is 0.0588. The van der Waals surface area contributed by atoms with E-state index < -0.39 is 0 Å². The van der Waals surface area contributed by atoms with Gasteiger partial charge in [-0.3, -0.25) is 0 Å². The van der Waals surface area contributed by atoms with Gasteiger partial charge in [0.15, 0.2) is 0 Å². The maximum Gasteiger partial charge on any atom is 0.0547 e. The third-order valence-electron chi connectivity index (χ3n) is 3.43. The van der Waals surface area contributed by atoms with Crippen molar-refractivity contribution < 1.29 is 0 Å². The molecule has 0 radical (unpaired) electrons. The predicted octanol–water partition coefficient (Wildman–Crippen LogP) is 5.57. The molecule has 0 amide bonds. The van der Waals surface area contributed by atoms with Crippen molar-refractivity contribution in [2.75, 3.05) is 10.6 Å². The molecule has 21 heavy (non-hydrogen) atoms. The van der Waals surface area contributed by atoms with Crippen molar-refractivity contribution in [2.24, 2.45) is 0 Å². The van der Waals surface area contributed by atoms with Gasteiger partial charge < -0.3 is 10.6 Å². The Labute approximate surface area is 132 Å². The molecular weight excluding hydrogens is 296 g/mol. The summed E-state index contributed by atoms with van der Waals surface area (Å²) in [5.74, 6) is 0. The van der Waals surface area contributed by atoms with Crippen molar-refractivity contribution in [3.8, 4) is 0 Å². The van der Waals surface area contributed by atoms with Crippen molar-refractivity contribution in [3.63, 3.8) is 0 Å². The number of fused-ring (bicyclic) bond motifs is 2. The maximum atomic E-state index is 3.52. The van der Waals surface area contributed by atoms with Crippen LogP contribution < -0.4 is 10.6 Å². The molecule has 0 atom stereocenters. The van der Waals surface area contributed by atoms with Crippen LogP contribution in [0, 0.1) is 0 Å². The largest absolute Gasteiger partial charge is 0.381 e. The minimum absolute atomic E-state index is 0.867. The van der Waals surface area contributed by atoms with Gasteiger partial charge in [-0.1, -0.05) is 23.9 Å². The molecule has 0 saturated heterocycles. The molecule has 0 saturated carbocycles. The van der Waals surface area contributed by atoms with Gasteiger partial charge in [-0.25, -0.2) is 0 Å². The summed E-state index contributed by atoms with van der Waals surface area (Å²) >= 11 is 3.55. The van der Waals surface area contributed by atoms with Gasteiger partial charge in [0.05, 0.1) is 11.4 Å². The predicted molar refractivity (Wildman–Crippen MR) is 91.9 cm³/mol. The third-order valence-corrected chi connectivity index (χ3v) is 5.32. The Morgan fingerprint density at radius 3 is 2.76 bits per heavy atom. The van der Waals surface area contributed by atoms with E-state index in [2.05, 4.69) is 69.9 Å². The van der Waals surface area contributed by atoms with Gasteiger partial charge in [-0.15, -0.1) is 0 Å². The number of anilines is 3. The summed E-state index contributed by atoms with van der Waals surface area (Å²) in [4.78, 5) is 2.55. The van der Waals surface area contributed by atoms with E-state index in [9.17, 15) is 0 Å². The van der Waals surface area contributed by atoms with Gasteiger partial charge >= 0.3 is 0 Å².